The topological polar surface area (TPSA) is 71.1 Å². The lowest BCUT2D eigenvalue weighted by atomic mass is 10.1. The van der Waals surface area contributed by atoms with Crippen LogP contribution in [0.5, 0.6) is 0 Å². The number of ether oxygens (including phenoxy) is 1. The van der Waals surface area contributed by atoms with E-state index in [2.05, 4.69) is 15.4 Å². The van der Waals surface area contributed by atoms with E-state index in [0.29, 0.717) is 18.8 Å². The van der Waals surface area contributed by atoms with Gasteiger partial charge >= 0.3 is 0 Å². The molecular weight excluding hydrogens is 268 g/mol. The van der Waals surface area contributed by atoms with Crippen LogP contribution < -0.4 is 0 Å². The molecule has 0 radical (unpaired) electrons. The van der Waals surface area contributed by atoms with E-state index in [4.69, 9.17) is 4.74 Å². The molecule has 0 unspecified atom stereocenters. The molecule has 1 aromatic carbocycles. The number of hydrogen-bond acceptors (Lipinski definition) is 4. The normalized spacial score (nSPS) is 18.7. The number of nitrogens with zero attached hydrogens (tertiary/aromatic N) is 3. The van der Waals surface area contributed by atoms with Gasteiger partial charge in [-0.3, -0.25) is 4.79 Å². The number of carbonyl (C=O) groups excluding carboxylic acids is 1. The number of H-pyrrole nitrogens is 1. The second-order valence-corrected chi connectivity index (χ2v) is 5.17. The van der Waals surface area contributed by atoms with E-state index >= 15 is 0 Å². The van der Waals surface area contributed by atoms with Crippen LogP contribution >= 0.6 is 0 Å². The zero-order valence-corrected chi connectivity index (χ0v) is 11.7. The van der Waals surface area contributed by atoms with E-state index < -0.39 is 0 Å². The lowest BCUT2D eigenvalue weighted by Crippen LogP contribution is -2.43. The summed E-state index contributed by atoms with van der Waals surface area (Å²) < 4.78 is 5.93. The van der Waals surface area contributed by atoms with Crippen LogP contribution in [0, 0.1) is 0 Å². The molecule has 0 saturated carbocycles. The highest BCUT2D eigenvalue weighted by atomic mass is 16.5. The van der Waals surface area contributed by atoms with E-state index in [-0.39, 0.29) is 12.0 Å². The first kappa shape index (κ1) is 13.8. The van der Waals surface area contributed by atoms with Gasteiger partial charge in [0.2, 0.25) is 0 Å². The highest BCUT2D eigenvalue weighted by molar-refractivity contribution is 5.91. The maximum Gasteiger partial charge on any atom is 0.276 e. The van der Waals surface area contributed by atoms with Crippen molar-refractivity contribution in [3.63, 3.8) is 0 Å². The van der Waals surface area contributed by atoms with Crippen LogP contribution in [0.1, 0.15) is 28.9 Å². The summed E-state index contributed by atoms with van der Waals surface area (Å²) in [6, 6.07) is 10.1. The number of nitrogens with one attached hydrogen (secondary N) is 1. The average Bonchev–Trinajstić information content (AvgIpc) is 3.08. The van der Waals surface area contributed by atoms with E-state index in [1.165, 1.54) is 6.20 Å². The van der Waals surface area contributed by atoms with Crippen molar-refractivity contribution < 1.29 is 9.53 Å². The molecule has 1 aromatic heterocycles. The van der Waals surface area contributed by atoms with Gasteiger partial charge in [0.15, 0.2) is 5.69 Å². The van der Waals surface area contributed by atoms with Crippen molar-refractivity contribution in [1.82, 2.24) is 20.3 Å². The lowest BCUT2D eigenvalue weighted by molar-refractivity contribution is -0.00689. The van der Waals surface area contributed by atoms with Gasteiger partial charge in [0.1, 0.15) is 0 Å². The molecule has 2 heterocycles. The van der Waals surface area contributed by atoms with Gasteiger partial charge in [-0.05, 0) is 18.4 Å². The Bertz CT molecular complexity index is 571. The number of amides is 1. The second-order valence-electron chi connectivity index (χ2n) is 5.17. The van der Waals surface area contributed by atoms with Gasteiger partial charge in [0.05, 0.1) is 18.9 Å². The third-order valence-corrected chi connectivity index (χ3v) is 3.63. The highest BCUT2D eigenvalue weighted by Crippen LogP contribution is 2.16. The van der Waals surface area contributed by atoms with E-state index in [0.717, 1.165) is 24.9 Å². The van der Waals surface area contributed by atoms with Crippen molar-refractivity contribution in [3.8, 4) is 0 Å². The minimum absolute atomic E-state index is 0.0785. The molecule has 110 valence electrons. The average molecular weight is 286 g/mol. The molecule has 3 rings (SSSR count). The summed E-state index contributed by atoms with van der Waals surface area (Å²) in [4.78, 5) is 14.0. The van der Waals surface area contributed by atoms with Crippen molar-refractivity contribution in [1.29, 1.82) is 0 Å². The summed E-state index contributed by atoms with van der Waals surface area (Å²) >= 11 is 0. The van der Waals surface area contributed by atoms with Gasteiger partial charge in [0, 0.05) is 13.1 Å². The standard InChI is InChI=1S/C15H18N4O2/c20-15(14-9-16-18-17-14)19-8-4-7-13(10-19)21-11-12-5-2-1-3-6-12/h1-3,5-6,9,13H,4,7-8,10-11H2,(H,16,17,18)/t13-/m1/s1. The highest BCUT2D eigenvalue weighted by Gasteiger charge is 2.26. The van der Waals surface area contributed by atoms with E-state index in [1.807, 2.05) is 30.3 Å². The summed E-state index contributed by atoms with van der Waals surface area (Å²) in [6.07, 6.45) is 3.46. The Labute approximate surface area is 123 Å². The molecule has 1 fully saturated rings. The zero-order chi connectivity index (χ0) is 14.5. The molecule has 1 atom stereocenters. The predicted molar refractivity (Wildman–Crippen MR) is 76.5 cm³/mol. The number of aromatic amines is 1. The first-order valence-corrected chi connectivity index (χ1v) is 7.13. The summed E-state index contributed by atoms with van der Waals surface area (Å²) in [5, 5.41) is 9.99. The molecule has 1 aliphatic rings. The van der Waals surface area contributed by atoms with Crippen molar-refractivity contribution in [2.75, 3.05) is 13.1 Å². The van der Waals surface area contributed by atoms with Gasteiger partial charge in [0.25, 0.3) is 5.91 Å². The minimum Gasteiger partial charge on any atom is -0.372 e. The van der Waals surface area contributed by atoms with Crippen LogP contribution in [0.3, 0.4) is 0 Å². The number of carbonyl (C=O) groups is 1. The van der Waals surface area contributed by atoms with Crippen LogP contribution in [0.2, 0.25) is 0 Å². The monoisotopic (exact) mass is 286 g/mol. The number of aromatic nitrogens is 3. The van der Waals surface area contributed by atoms with Gasteiger partial charge in [-0.2, -0.15) is 15.4 Å². The predicted octanol–water partition coefficient (Wildman–Crippen LogP) is 1.63. The number of piperidine rings is 1. The summed E-state index contributed by atoms with van der Waals surface area (Å²) in [6.45, 7) is 1.94. The van der Waals surface area contributed by atoms with Gasteiger partial charge in [-0.25, -0.2) is 0 Å². The molecule has 1 N–H and O–H groups in total. The third-order valence-electron chi connectivity index (χ3n) is 3.63. The van der Waals surface area contributed by atoms with E-state index in [1.54, 1.807) is 4.90 Å². The molecule has 0 aliphatic carbocycles. The maximum atomic E-state index is 12.2. The number of benzene rings is 1. The smallest absolute Gasteiger partial charge is 0.276 e. The molecular formula is C15H18N4O2. The first-order valence-electron chi connectivity index (χ1n) is 7.13. The van der Waals surface area contributed by atoms with Crippen LogP contribution in [-0.2, 0) is 11.3 Å². The van der Waals surface area contributed by atoms with Crippen molar-refractivity contribution >= 4 is 5.91 Å². The van der Waals surface area contributed by atoms with Crippen molar-refractivity contribution in [2.45, 2.75) is 25.6 Å². The molecule has 2 aromatic rings. The summed E-state index contributed by atoms with van der Waals surface area (Å²) in [5.41, 5.74) is 1.51. The SMILES string of the molecule is O=C(c1cn[nH]n1)N1CCC[C@@H](OCc2ccccc2)C1. The van der Waals surface area contributed by atoms with Crippen LogP contribution in [-0.4, -0.2) is 45.4 Å². The summed E-state index contributed by atoms with van der Waals surface area (Å²) in [7, 11) is 0. The Morgan fingerprint density at radius 3 is 3.00 bits per heavy atom. The molecule has 0 spiro atoms. The van der Waals surface area contributed by atoms with Crippen LogP contribution in [0.15, 0.2) is 36.5 Å². The number of rotatable bonds is 4. The third kappa shape index (κ3) is 3.46. The Kier molecular flexibility index (Phi) is 4.25. The van der Waals surface area contributed by atoms with Crippen molar-refractivity contribution in [2.24, 2.45) is 0 Å². The lowest BCUT2D eigenvalue weighted by Gasteiger charge is -2.32. The molecule has 1 aliphatic heterocycles. The second kappa shape index (κ2) is 6.49. The van der Waals surface area contributed by atoms with Crippen LogP contribution in [0.25, 0.3) is 0 Å². The Balaban J connectivity index is 1.55. The quantitative estimate of drug-likeness (QED) is 0.927. The van der Waals surface area contributed by atoms with Gasteiger partial charge in [-0.1, -0.05) is 30.3 Å². The number of hydrogen-bond donors (Lipinski definition) is 1. The van der Waals surface area contributed by atoms with Gasteiger partial charge < -0.3 is 9.64 Å². The first-order chi connectivity index (χ1) is 10.3. The zero-order valence-electron chi connectivity index (χ0n) is 11.7. The van der Waals surface area contributed by atoms with Crippen LogP contribution in [0.4, 0.5) is 0 Å². The minimum atomic E-state index is -0.0863. The molecule has 6 heteroatoms. The Hall–Kier alpha value is -2.21. The molecule has 6 nitrogen and oxygen atoms in total. The van der Waals surface area contributed by atoms with Gasteiger partial charge in [-0.15, -0.1) is 0 Å². The Morgan fingerprint density at radius 1 is 1.38 bits per heavy atom. The Morgan fingerprint density at radius 2 is 2.24 bits per heavy atom. The number of likely N-dealkylation sites (tertiary alicyclic amines) is 1. The molecule has 0 bridgehead atoms. The van der Waals surface area contributed by atoms with E-state index in [9.17, 15) is 4.79 Å². The molecule has 1 saturated heterocycles. The largest absolute Gasteiger partial charge is 0.372 e. The van der Waals surface area contributed by atoms with Crippen molar-refractivity contribution in [3.05, 3.63) is 47.8 Å². The fourth-order valence-electron chi connectivity index (χ4n) is 2.51. The summed E-state index contributed by atoms with van der Waals surface area (Å²) in [5.74, 6) is -0.0863. The molecule has 1 amide bonds. The fraction of sp³-hybridized carbons (Fsp3) is 0.400. The fourth-order valence-corrected chi connectivity index (χ4v) is 2.51. The molecule has 21 heavy (non-hydrogen) atoms. The maximum absolute atomic E-state index is 12.2.